The van der Waals surface area contributed by atoms with Gasteiger partial charge in [0.1, 0.15) is 0 Å². The Morgan fingerprint density at radius 2 is 1.75 bits per heavy atom. The number of hydrogen-bond acceptors (Lipinski definition) is 3. The molecule has 0 unspecified atom stereocenters. The standard InChI is InChI=1S/C4H8N2O.H3O4P/c7-4-3-5-1-2-6-4;1-5(2,3)4/h5H,1-3H2,(H,6,7);(H3,1,2,3,4). The molecule has 1 amide bonds. The van der Waals surface area contributed by atoms with Crippen molar-refractivity contribution < 1.29 is 24.0 Å². The first-order valence-corrected chi connectivity index (χ1v) is 4.72. The minimum atomic E-state index is -4.64. The third kappa shape index (κ3) is 12.2. The van der Waals surface area contributed by atoms with Crippen LogP contribution in [0.1, 0.15) is 0 Å². The second-order valence-corrected chi connectivity index (χ2v) is 3.07. The quantitative estimate of drug-likeness (QED) is 0.281. The number of phosphoric acid groups is 1. The molecule has 72 valence electrons. The summed E-state index contributed by atoms with van der Waals surface area (Å²) in [6, 6.07) is 0. The molecule has 1 aliphatic heterocycles. The number of hydrogen-bond donors (Lipinski definition) is 5. The molecular weight excluding hydrogens is 187 g/mol. The maximum absolute atomic E-state index is 10.3. The van der Waals surface area contributed by atoms with Gasteiger partial charge in [0.2, 0.25) is 5.91 Å². The normalized spacial score (nSPS) is 17.4. The maximum atomic E-state index is 10.3. The lowest BCUT2D eigenvalue weighted by atomic mass is 10.4. The van der Waals surface area contributed by atoms with Crippen LogP contribution < -0.4 is 10.6 Å². The van der Waals surface area contributed by atoms with Crippen molar-refractivity contribution in [2.24, 2.45) is 0 Å². The van der Waals surface area contributed by atoms with E-state index >= 15 is 0 Å². The van der Waals surface area contributed by atoms with Crippen LogP contribution in [0.15, 0.2) is 0 Å². The molecule has 0 spiro atoms. The van der Waals surface area contributed by atoms with Crippen LogP contribution in [-0.4, -0.2) is 40.2 Å². The van der Waals surface area contributed by atoms with E-state index in [1.165, 1.54) is 0 Å². The van der Waals surface area contributed by atoms with E-state index in [2.05, 4.69) is 10.6 Å². The van der Waals surface area contributed by atoms with Gasteiger partial charge in [-0.2, -0.15) is 0 Å². The molecular formula is C4H11N2O5P. The first-order valence-electron chi connectivity index (χ1n) is 3.15. The first kappa shape index (κ1) is 11.5. The van der Waals surface area contributed by atoms with Gasteiger partial charge in [0.05, 0.1) is 6.54 Å². The summed E-state index contributed by atoms with van der Waals surface area (Å²) in [5.74, 6) is 0.103. The van der Waals surface area contributed by atoms with Crippen molar-refractivity contribution in [2.45, 2.75) is 0 Å². The van der Waals surface area contributed by atoms with Crippen molar-refractivity contribution in [3.63, 3.8) is 0 Å². The third-order valence-electron chi connectivity index (χ3n) is 0.910. The molecule has 5 N–H and O–H groups in total. The minimum absolute atomic E-state index is 0.103. The summed E-state index contributed by atoms with van der Waals surface area (Å²) in [7, 11) is -4.64. The number of carbonyl (C=O) groups excluding carboxylic acids is 1. The van der Waals surface area contributed by atoms with E-state index in [4.69, 9.17) is 19.2 Å². The molecule has 1 aliphatic rings. The Morgan fingerprint density at radius 1 is 1.25 bits per heavy atom. The molecule has 0 saturated carbocycles. The van der Waals surface area contributed by atoms with Crippen LogP contribution in [0.5, 0.6) is 0 Å². The van der Waals surface area contributed by atoms with Gasteiger partial charge in [0, 0.05) is 13.1 Å². The van der Waals surface area contributed by atoms with E-state index in [-0.39, 0.29) is 5.91 Å². The van der Waals surface area contributed by atoms with Gasteiger partial charge in [-0.1, -0.05) is 0 Å². The van der Waals surface area contributed by atoms with Crippen molar-refractivity contribution in [3.8, 4) is 0 Å². The molecule has 0 aliphatic carbocycles. The van der Waals surface area contributed by atoms with Crippen LogP contribution in [0.3, 0.4) is 0 Å². The lowest BCUT2D eigenvalue weighted by Crippen LogP contribution is -2.44. The van der Waals surface area contributed by atoms with E-state index in [9.17, 15) is 4.79 Å². The second-order valence-electron chi connectivity index (χ2n) is 2.04. The maximum Gasteiger partial charge on any atom is 0.466 e. The van der Waals surface area contributed by atoms with Crippen molar-refractivity contribution in [3.05, 3.63) is 0 Å². The lowest BCUT2D eigenvalue weighted by molar-refractivity contribution is -0.121. The van der Waals surface area contributed by atoms with E-state index in [1.54, 1.807) is 0 Å². The third-order valence-corrected chi connectivity index (χ3v) is 0.910. The Kier molecular flexibility index (Phi) is 5.03. The smallest absolute Gasteiger partial charge is 0.354 e. The molecule has 0 atom stereocenters. The predicted octanol–water partition coefficient (Wildman–Crippen LogP) is -2.22. The molecule has 7 nitrogen and oxygen atoms in total. The molecule has 12 heavy (non-hydrogen) atoms. The first-order chi connectivity index (χ1) is 5.39. The fraction of sp³-hybridized carbons (Fsp3) is 0.750. The van der Waals surface area contributed by atoms with Crippen molar-refractivity contribution >= 4 is 13.7 Å². The molecule has 0 radical (unpaired) electrons. The molecule has 1 saturated heterocycles. The van der Waals surface area contributed by atoms with Crippen LogP contribution >= 0.6 is 7.82 Å². The Morgan fingerprint density at radius 3 is 1.92 bits per heavy atom. The van der Waals surface area contributed by atoms with Gasteiger partial charge in [0.25, 0.3) is 0 Å². The van der Waals surface area contributed by atoms with Crippen LogP contribution in [0, 0.1) is 0 Å². The van der Waals surface area contributed by atoms with Crippen LogP contribution in [0.2, 0.25) is 0 Å². The zero-order chi connectivity index (χ0) is 9.61. The zero-order valence-corrected chi connectivity index (χ0v) is 7.12. The van der Waals surface area contributed by atoms with Gasteiger partial charge >= 0.3 is 7.82 Å². The van der Waals surface area contributed by atoms with E-state index in [0.717, 1.165) is 13.1 Å². The summed E-state index contributed by atoms with van der Waals surface area (Å²) in [6.45, 7) is 2.17. The lowest BCUT2D eigenvalue weighted by Gasteiger charge is -2.11. The SMILES string of the molecule is O=C1CNCCN1.O=P(O)(O)O. The van der Waals surface area contributed by atoms with Crippen molar-refractivity contribution in [1.82, 2.24) is 10.6 Å². The van der Waals surface area contributed by atoms with E-state index < -0.39 is 7.82 Å². The highest BCUT2D eigenvalue weighted by Gasteiger charge is 2.02. The van der Waals surface area contributed by atoms with Gasteiger partial charge in [0.15, 0.2) is 0 Å². The second kappa shape index (κ2) is 5.23. The fourth-order valence-corrected chi connectivity index (χ4v) is 0.555. The average molecular weight is 198 g/mol. The van der Waals surface area contributed by atoms with Gasteiger partial charge in [-0.15, -0.1) is 0 Å². The van der Waals surface area contributed by atoms with Gasteiger partial charge in [-0.05, 0) is 0 Å². The number of piperazine rings is 1. The highest BCUT2D eigenvalue weighted by molar-refractivity contribution is 7.45. The molecule has 0 aromatic rings. The van der Waals surface area contributed by atoms with Gasteiger partial charge < -0.3 is 25.3 Å². The Hall–Kier alpha value is -0.460. The van der Waals surface area contributed by atoms with Crippen molar-refractivity contribution in [1.29, 1.82) is 0 Å². The molecule has 1 rings (SSSR count). The summed E-state index contributed by atoms with van der Waals surface area (Å²) in [5, 5.41) is 5.60. The van der Waals surface area contributed by atoms with Gasteiger partial charge in [-0.25, -0.2) is 4.57 Å². The number of rotatable bonds is 0. The summed E-state index contributed by atoms with van der Waals surface area (Å²) in [4.78, 5) is 31.9. The Balaban J connectivity index is 0.000000217. The molecule has 1 heterocycles. The number of amides is 1. The molecule has 1 fully saturated rings. The van der Waals surface area contributed by atoms with E-state index in [0.29, 0.717) is 6.54 Å². The van der Waals surface area contributed by atoms with Crippen LogP contribution in [0.25, 0.3) is 0 Å². The molecule has 0 aromatic carbocycles. The van der Waals surface area contributed by atoms with Crippen LogP contribution in [-0.2, 0) is 9.36 Å². The topological polar surface area (TPSA) is 119 Å². The summed E-state index contributed by atoms with van der Waals surface area (Å²) >= 11 is 0. The highest BCUT2D eigenvalue weighted by atomic mass is 31.2. The zero-order valence-electron chi connectivity index (χ0n) is 6.23. The molecule has 8 heteroatoms. The van der Waals surface area contributed by atoms with Crippen LogP contribution in [0.4, 0.5) is 0 Å². The fourth-order valence-electron chi connectivity index (χ4n) is 0.555. The highest BCUT2D eigenvalue weighted by Crippen LogP contribution is 2.25. The Labute approximate surface area is 69.0 Å². The van der Waals surface area contributed by atoms with E-state index in [1.807, 2.05) is 0 Å². The Bertz CT molecular complexity index is 174. The largest absolute Gasteiger partial charge is 0.466 e. The monoisotopic (exact) mass is 198 g/mol. The summed E-state index contributed by atoms with van der Waals surface area (Å²) in [5.41, 5.74) is 0. The molecule has 0 aromatic heterocycles. The summed E-state index contributed by atoms with van der Waals surface area (Å²) < 4.78 is 8.88. The minimum Gasteiger partial charge on any atom is -0.354 e. The average Bonchev–Trinajstić information content (AvgIpc) is 1.85. The predicted molar refractivity (Wildman–Crippen MR) is 40.1 cm³/mol. The van der Waals surface area contributed by atoms with Gasteiger partial charge in [-0.3, -0.25) is 4.79 Å². The summed E-state index contributed by atoms with van der Waals surface area (Å²) in [6.07, 6.45) is 0. The number of carbonyl (C=O) groups is 1. The van der Waals surface area contributed by atoms with Crippen molar-refractivity contribution in [2.75, 3.05) is 19.6 Å². The number of nitrogens with one attached hydrogen (secondary N) is 2. The molecule has 0 bridgehead atoms.